The average Bonchev–Trinajstić information content (AvgIpc) is 2.99. The number of hydrogen-bond acceptors (Lipinski definition) is 3. The Morgan fingerprint density at radius 2 is 2.20 bits per heavy atom. The molecular formula is C11H21N3O. The zero-order valence-corrected chi connectivity index (χ0v) is 9.48. The van der Waals surface area contributed by atoms with Gasteiger partial charge >= 0.3 is 0 Å². The van der Waals surface area contributed by atoms with Gasteiger partial charge in [-0.05, 0) is 32.2 Å². The van der Waals surface area contributed by atoms with Crippen molar-refractivity contribution in [1.82, 2.24) is 9.80 Å². The summed E-state index contributed by atoms with van der Waals surface area (Å²) in [6.45, 7) is 2.21. The summed E-state index contributed by atoms with van der Waals surface area (Å²) in [6.07, 6.45) is 5.22. The number of likely N-dealkylation sites (N-methyl/N-ethyl adjacent to an activating group) is 1. The van der Waals surface area contributed by atoms with Crippen molar-refractivity contribution in [2.24, 2.45) is 5.73 Å². The van der Waals surface area contributed by atoms with Crippen LogP contribution in [0, 0.1) is 0 Å². The fraction of sp³-hybridized carbons (Fsp3) is 0.909. The van der Waals surface area contributed by atoms with Crippen LogP contribution in [-0.2, 0) is 4.79 Å². The summed E-state index contributed by atoms with van der Waals surface area (Å²) in [5, 5.41) is 0. The molecule has 0 spiro atoms. The lowest BCUT2D eigenvalue weighted by Gasteiger charge is -2.28. The minimum absolute atomic E-state index is 0.0534. The van der Waals surface area contributed by atoms with Crippen LogP contribution in [0.25, 0.3) is 0 Å². The van der Waals surface area contributed by atoms with Crippen LogP contribution in [0.3, 0.4) is 0 Å². The third-order valence-corrected chi connectivity index (χ3v) is 3.52. The van der Waals surface area contributed by atoms with E-state index in [9.17, 15) is 4.79 Å². The van der Waals surface area contributed by atoms with Crippen molar-refractivity contribution in [3.05, 3.63) is 0 Å². The predicted molar refractivity (Wildman–Crippen MR) is 59.4 cm³/mol. The van der Waals surface area contributed by atoms with E-state index >= 15 is 0 Å². The molecule has 0 radical (unpaired) electrons. The molecule has 4 nitrogen and oxygen atoms in total. The topological polar surface area (TPSA) is 49.6 Å². The van der Waals surface area contributed by atoms with Gasteiger partial charge in [0.15, 0.2) is 0 Å². The van der Waals surface area contributed by atoms with Gasteiger partial charge in [-0.15, -0.1) is 0 Å². The lowest BCUT2D eigenvalue weighted by atomic mass is 10.2. The highest BCUT2D eigenvalue weighted by Crippen LogP contribution is 2.33. The molecule has 2 fully saturated rings. The third kappa shape index (κ3) is 2.49. The molecule has 0 aromatic heterocycles. The Morgan fingerprint density at radius 3 is 2.80 bits per heavy atom. The van der Waals surface area contributed by atoms with Gasteiger partial charge in [-0.1, -0.05) is 0 Å². The van der Waals surface area contributed by atoms with Crippen LogP contribution in [-0.4, -0.2) is 54.5 Å². The summed E-state index contributed by atoms with van der Waals surface area (Å²) < 4.78 is 0. The monoisotopic (exact) mass is 211 g/mol. The Balaban J connectivity index is 1.84. The molecule has 1 saturated carbocycles. The van der Waals surface area contributed by atoms with E-state index in [0.29, 0.717) is 6.04 Å². The highest BCUT2D eigenvalue weighted by molar-refractivity contribution is 5.77. The second-order valence-corrected chi connectivity index (χ2v) is 4.74. The van der Waals surface area contributed by atoms with Crippen LogP contribution in [0.15, 0.2) is 0 Å². The molecule has 1 amide bonds. The molecule has 2 aliphatic rings. The number of amides is 1. The number of carbonyl (C=O) groups is 1. The first-order chi connectivity index (χ1) is 7.22. The minimum Gasteiger partial charge on any atom is -0.343 e. The van der Waals surface area contributed by atoms with Crippen molar-refractivity contribution in [1.29, 1.82) is 0 Å². The summed E-state index contributed by atoms with van der Waals surface area (Å²) in [5.74, 6) is 0.0534. The van der Waals surface area contributed by atoms with Crippen LogP contribution in [0.4, 0.5) is 0 Å². The first-order valence-electron chi connectivity index (χ1n) is 5.92. The smallest absolute Gasteiger partial charge is 0.236 e. The van der Waals surface area contributed by atoms with Crippen molar-refractivity contribution in [3.8, 4) is 0 Å². The normalized spacial score (nSPS) is 26.9. The molecule has 1 heterocycles. The fourth-order valence-corrected chi connectivity index (χ4v) is 2.51. The SMILES string of the molecule is CN(CC1CCCN1C1CC1)C(=O)CN. The predicted octanol–water partition coefficient (Wildman–Crippen LogP) is 0.0303. The van der Waals surface area contributed by atoms with Crippen molar-refractivity contribution < 1.29 is 4.79 Å². The number of nitrogens with zero attached hydrogens (tertiary/aromatic N) is 2. The highest BCUT2D eigenvalue weighted by atomic mass is 16.2. The maximum Gasteiger partial charge on any atom is 0.236 e. The van der Waals surface area contributed by atoms with Gasteiger partial charge in [-0.25, -0.2) is 0 Å². The zero-order chi connectivity index (χ0) is 10.8. The molecule has 2 N–H and O–H groups in total. The average molecular weight is 211 g/mol. The van der Waals surface area contributed by atoms with Gasteiger partial charge in [-0.2, -0.15) is 0 Å². The fourth-order valence-electron chi connectivity index (χ4n) is 2.51. The van der Waals surface area contributed by atoms with E-state index in [1.165, 1.54) is 32.2 Å². The second kappa shape index (κ2) is 4.49. The van der Waals surface area contributed by atoms with Gasteiger partial charge in [0.25, 0.3) is 0 Å². The molecule has 0 aromatic carbocycles. The van der Waals surface area contributed by atoms with E-state index in [1.807, 2.05) is 7.05 Å². The largest absolute Gasteiger partial charge is 0.343 e. The van der Waals surface area contributed by atoms with Gasteiger partial charge in [0.2, 0.25) is 5.91 Å². The molecule has 1 saturated heterocycles. The summed E-state index contributed by atoms with van der Waals surface area (Å²) in [7, 11) is 1.86. The molecule has 1 atom stereocenters. The number of nitrogens with two attached hydrogens (primary N) is 1. The molecule has 15 heavy (non-hydrogen) atoms. The number of rotatable bonds is 4. The summed E-state index contributed by atoms with van der Waals surface area (Å²) in [4.78, 5) is 15.7. The van der Waals surface area contributed by atoms with Gasteiger partial charge in [0, 0.05) is 25.7 Å². The minimum atomic E-state index is 0.0534. The van der Waals surface area contributed by atoms with E-state index in [1.54, 1.807) is 4.90 Å². The molecule has 2 rings (SSSR count). The first kappa shape index (κ1) is 10.9. The summed E-state index contributed by atoms with van der Waals surface area (Å²) >= 11 is 0. The summed E-state index contributed by atoms with van der Waals surface area (Å²) in [6, 6.07) is 1.40. The molecule has 4 heteroatoms. The van der Waals surface area contributed by atoms with Crippen LogP contribution < -0.4 is 5.73 Å². The lowest BCUT2D eigenvalue weighted by Crippen LogP contribution is -2.43. The zero-order valence-electron chi connectivity index (χ0n) is 9.48. The van der Waals surface area contributed by atoms with Gasteiger partial charge < -0.3 is 10.6 Å². The lowest BCUT2D eigenvalue weighted by molar-refractivity contribution is -0.129. The molecule has 86 valence electrons. The first-order valence-corrected chi connectivity index (χ1v) is 5.92. The van der Waals surface area contributed by atoms with Crippen molar-refractivity contribution >= 4 is 5.91 Å². The summed E-state index contributed by atoms with van der Waals surface area (Å²) in [5.41, 5.74) is 5.35. The third-order valence-electron chi connectivity index (χ3n) is 3.52. The van der Waals surface area contributed by atoms with E-state index in [0.717, 1.165) is 12.6 Å². The van der Waals surface area contributed by atoms with E-state index < -0.39 is 0 Å². The Bertz CT molecular complexity index is 240. The molecule has 1 aliphatic carbocycles. The number of likely N-dealkylation sites (tertiary alicyclic amines) is 1. The maximum atomic E-state index is 11.4. The van der Waals surface area contributed by atoms with Crippen LogP contribution in [0.2, 0.25) is 0 Å². The quantitative estimate of drug-likeness (QED) is 0.714. The van der Waals surface area contributed by atoms with E-state index in [4.69, 9.17) is 5.73 Å². The van der Waals surface area contributed by atoms with Crippen molar-refractivity contribution in [2.45, 2.75) is 37.8 Å². The Hall–Kier alpha value is -0.610. The van der Waals surface area contributed by atoms with E-state index in [2.05, 4.69) is 4.90 Å². The van der Waals surface area contributed by atoms with Crippen LogP contribution in [0.1, 0.15) is 25.7 Å². The van der Waals surface area contributed by atoms with Gasteiger partial charge in [0.1, 0.15) is 0 Å². The highest BCUT2D eigenvalue weighted by Gasteiger charge is 2.37. The standard InChI is InChI=1S/C11H21N3O/c1-13(11(15)7-12)8-10-3-2-6-14(10)9-4-5-9/h9-10H,2-8,12H2,1H3. The van der Waals surface area contributed by atoms with Crippen LogP contribution in [0.5, 0.6) is 0 Å². The molecule has 1 unspecified atom stereocenters. The van der Waals surface area contributed by atoms with Gasteiger partial charge in [-0.3, -0.25) is 9.69 Å². The van der Waals surface area contributed by atoms with Gasteiger partial charge in [0.05, 0.1) is 6.54 Å². The number of carbonyl (C=O) groups excluding carboxylic acids is 1. The Kier molecular flexibility index (Phi) is 3.26. The molecule has 0 bridgehead atoms. The molecular weight excluding hydrogens is 190 g/mol. The second-order valence-electron chi connectivity index (χ2n) is 4.74. The van der Waals surface area contributed by atoms with Crippen molar-refractivity contribution in [3.63, 3.8) is 0 Å². The maximum absolute atomic E-state index is 11.4. The van der Waals surface area contributed by atoms with Crippen LogP contribution >= 0.6 is 0 Å². The molecule has 1 aliphatic heterocycles. The number of hydrogen-bond donors (Lipinski definition) is 1. The Morgan fingerprint density at radius 1 is 1.47 bits per heavy atom. The Labute approximate surface area is 91.4 Å². The van der Waals surface area contributed by atoms with E-state index in [-0.39, 0.29) is 12.5 Å². The van der Waals surface area contributed by atoms with Crippen molar-refractivity contribution in [2.75, 3.05) is 26.7 Å². The molecule has 0 aromatic rings.